The second kappa shape index (κ2) is 8.54. The first-order valence-corrected chi connectivity index (χ1v) is 8.87. The molecule has 25 heavy (non-hydrogen) atoms. The highest BCUT2D eigenvalue weighted by molar-refractivity contribution is 5.91. The Morgan fingerprint density at radius 3 is 2.52 bits per heavy atom. The summed E-state index contributed by atoms with van der Waals surface area (Å²) in [5, 5.41) is 9.61. The molecule has 1 aromatic carbocycles. The molecule has 1 saturated heterocycles. The van der Waals surface area contributed by atoms with Crippen molar-refractivity contribution in [2.45, 2.75) is 45.8 Å². The fraction of sp³-hybridized carbons (Fsp3) is 0.632. The summed E-state index contributed by atoms with van der Waals surface area (Å²) in [6.45, 7) is 10.1. The van der Waals surface area contributed by atoms with Gasteiger partial charge in [-0.05, 0) is 26.3 Å². The van der Waals surface area contributed by atoms with E-state index in [1.54, 1.807) is 19.2 Å². The van der Waals surface area contributed by atoms with E-state index in [4.69, 9.17) is 9.47 Å². The van der Waals surface area contributed by atoms with Gasteiger partial charge in [-0.1, -0.05) is 6.92 Å². The molecule has 0 amide bonds. The molecule has 0 unspecified atom stereocenters. The van der Waals surface area contributed by atoms with Gasteiger partial charge in [0.25, 0.3) is 0 Å². The quantitative estimate of drug-likeness (QED) is 0.816. The van der Waals surface area contributed by atoms with Crippen LogP contribution in [0.3, 0.4) is 0 Å². The van der Waals surface area contributed by atoms with Gasteiger partial charge in [0.15, 0.2) is 0 Å². The van der Waals surface area contributed by atoms with Gasteiger partial charge in [-0.15, -0.1) is 0 Å². The van der Waals surface area contributed by atoms with Gasteiger partial charge in [0, 0.05) is 49.9 Å². The topological polar surface area (TPSA) is 62.2 Å². The van der Waals surface area contributed by atoms with Gasteiger partial charge in [0.2, 0.25) is 0 Å². The predicted molar refractivity (Wildman–Crippen MR) is 97.7 cm³/mol. The molecule has 1 aliphatic rings. The second-order valence-corrected chi connectivity index (χ2v) is 6.79. The number of carboxylic acid groups (broad SMARTS) is 1. The van der Waals surface area contributed by atoms with E-state index in [9.17, 15) is 9.90 Å². The number of carbonyl (C=O) groups is 1. The van der Waals surface area contributed by atoms with Crippen LogP contribution in [-0.2, 0) is 6.54 Å². The third kappa shape index (κ3) is 4.44. The summed E-state index contributed by atoms with van der Waals surface area (Å²) in [6, 6.07) is 4.34. The van der Waals surface area contributed by atoms with Gasteiger partial charge in [0.1, 0.15) is 11.5 Å². The smallest absolute Gasteiger partial charge is 0.336 e. The van der Waals surface area contributed by atoms with E-state index >= 15 is 0 Å². The van der Waals surface area contributed by atoms with Crippen molar-refractivity contribution in [2.75, 3.05) is 33.9 Å². The number of aromatic carboxylic acids is 1. The Balaban J connectivity index is 2.26. The zero-order valence-electron chi connectivity index (χ0n) is 15.9. The van der Waals surface area contributed by atoms with E-state index in [-0.39, 0.29) is 5.56 Å². The van der Waals surface area contributed by atoms with Crippen molar-refractivity contribution in [1.29, 1.82) is 0 Å². The number of nitrogens with zero attached hydrogens (tertiary/aromatic N) is 2. The third-order valence-electron chi connectivity index (χ3n) is 5.00. The largest absolute Gasteiger partial charge is 0.497 e. The first kappa shape index (κ1) is 19.5. The highest BCUT2D eigenvalue weighted by atomic mass is 16.5. The molecule has 0 spiro atoms. The summed E-state index contributed by atoms with van der Waals surface area (Å²) >= 11 is 0. The molecule has 1 heterocycles. The van der Waals surface area contributed by atoms with Crippen molar-refractivity contribution < 1.29 is 19.4 Å². The molecule has 0 saturated carbocycles. The molecule has 140 valence electrons. The molecular formula is C19H30N2O4. The van der Waals surface area contributed by atoms with Gasteiger partial charge in [-0.3, -0.25) is 9.80 Å². The van der Waals surface area contributed by atoms with Crippen molar-refractivity contribution in [1.82, 2.24) is 9.80 Å². The molecule has 1 atom stereocenters. The maximum atomic E-state index is 11.7. The molecule has 2 rings (SSSR count). The number of hydrogen-bond acceptors (Lipinski definition) is 5. The van der Waals surface area contributed by atoms with Crippen LogP contribution < -0.4 is 9.47 Å². The number of carboxylic acids is 1. The van der Waals surface area contributed by atoms with Crippen LogP contribution in [0.15, 0.2) is 12.1 Å². The lowest BCUT2D eigenvalue weighted by atomic mass is 10.0. The Morgan fingerprint density at radius 2 is 2.00 bits per heavy atom. The Labute approximate surface area is 150 Å². The van der Waals surface area contributed by atoms with Gasteiger partial charge in [-0.2, -0.15) is 0 Å². The maximum Gasteiger partial charge on any atom is 0.336 e. The number of piperazine rings is 1. The Hall–Kier alpha value is -1.79. The minimum atomic E-state index is -0.958. The van der Waals surface area contributed by atoms with Crippen molar-refractivity contribution >= 4 is 5.97 Å². The number of ether oxygens (including phenoxy) is 2. The van der Waals surface area contributed by atoms with E-state index < -0.39 is 5.97 Å². The minimum absolute atomic E-state index is 0.246. The fourth-order valence-corrected chi connectivity index (χ4v) is 3.62. The van der Waals surface area contributed by atoms with Crippen LogP contribution in [0.25, 0.3) is 0 Å². The summed E-state index contributed by atoms with van der Waals surface area (Å²) in [4.78, 5) is 16.6. The van der Waals surface area contributed by atoms with Gasteiger partial charge < -0.3 is 14.6 Å². The Morgan fingerprint density at radius 1 is 1.28 bits per heavy atom. The van der Waals surface area contributed by atoms with Crippen molar-refractivity contribution in [3.05, 3.63) is 23.3 Å². The number of benzene rings is 1. The zero-order chi connectivity index (χ0) is 18.6. The average Bonchev–Trinajstić information content (AvgIpc) is 2.61. The van der Waals surface area contributed by atoms with Gasteiger partial charge >= 0.3 is 5.97 Å². The predicted octanol–water partition coefficient (Wildman–Crippen LogP) is 2.71. The Kier molecular flexibility index (Phi) is 6.67. The van der Waals surface area contributed by atoms with Gasteiger partial charge in [-0.25, -0.2) is 4.79 Å². The first-order chi connectivity index (χ1) is 11.9. The van der Waals surface area contributed by atoms with Crippen molar-refractivity contribution in [3.8, 4) is 11.5 Å². The van der Waals surface area contributed by atoms with Crippen LogP contribution >= 0.6 is 0 Å². The maximum absolute atomic E-state index is 11.7. The molecule has 6 nitrogen and oxygen atoms in total. The summed E-state index contributed by atoms with van der Waals surface area (Å²) in [5.74, 6) is 0.102. The average molecular weight is 350 g/mol. The number of methoxy groups -OCH3 is 2. The molecule has 0 aromatic heterocycles. The van der Waals surface area contributed by atoms with E-state index in [0.29, 0.717) is 35.7 Å². The van der Waals surface area contributed by atoms with E-state index in [0.717, 1.165) is 26.1 Å². The molecule has 1 N–H and O–H groups in total. The van der Waals surface area contributed by atoms with Crippen LogP contribution in [0.1, 0.15) is 43.1 Å². The summed E-state index contributed by atoms with van der Waals surface area (Å²) in [6.07, 6.45) is 1.08. The summed E-state index contributed by atoms with van der Waals surface area (Å²) in [5.41, 5.74) is 0.958. The highest BCUT2D eigenvalue weighted by Crippen LogP contribution is 2.31. The van der Waals surface area contributed by atoms with Crippen LogP contribution in [-0.4, -0.2) is 66.8 Å². The number of hydrogen-bond donors (Lipinski definition) is 1. The van der Waals surface area contributed by atoms with Crippen molar-refractivity contribution in [3.63, 3.8) is 0 Å². The molecular weight excluding hydrogens is 320 g/mol. The molecule has 0 radical (unpaired) electrons. The van der Waals surface area contributed by atoms with Crippen LogP contribution in [0.4, 0.5) is 0 Å². The van der Waals surface area contributed by atoms with E-state index in [1.807, 2.05) is 0 Å². The SMILES string of the molecule is CC[C@@H]1CN(Cc2c(OC)cc(OC)cc2C(=O)O)CCN1C(C)C. The van der Waals surface area contributed by atoms with E-state index in [1.165, 1.54) is 7.11 Å². The lowest BCUT2D eigenvalue weighted by molar-refractivity contribution is 0.0449. The molecule has 0 aliphatic carbocycles. The van der Waals surface area contributed by atoms with Crippen molar-refractivity contribution in [2.24, 2.45) is 0 Å². The fourth-order valence-electron chi connectivity index (χ4n) is 3.62. The molecule has 0 bridgehead atoms. The zero-order valence-corrected chi connectivity index (χ0v) is 15.9. The van der Waals surface area contributed by atoms with Gasteiger partial charge in [0.05, 0.1) is 19.8 Å². The van der Waals surface area contributed by atoms with Crippen LogP contribution in [0.5, 0.6) is 11.5 Å². The first-order valence-electron chi connectivity index (χ1n) is 8.87. The Bertz CT molecular complexity index is 603. The molecule has 6 heteroatoms. The van der Waals surface area contributed by atoms with Crippen LogP contribution in [0.2, 0.25) is 0 Å². The van der Waals surface area contributed by atoms with Crippen LogP contribution in [0, 0.1) is 0 Å². The molecule has 1 aromatic rings. The normalized spacial score (nSPS) is 19.2. The monoisotopic (exact) mass is 350 g/mol. The lowest BCUT2D eigenvalue weighted by Crippen LogP contribution is -2.54. The standard InChI is InChI=1S/C19H30N2O4/c1-6-14-11-20(7-8-21(14)13(2)3)12-17-16(19(22)23)9-15(24-4)10-18(17)25-5/h9-10,13-14H,6-8,11-12H2,1-5H3,(H,22,23)/t14-/m1/s1. The second-order valence-electron chi connectivity index (χ2n) is 6.79. The number of rotatable bonds is 7. The molecule has 1 aliphatic heterocycles. The minimum Gasteiger partial charge on any atom is -0.497 e. The third-order valence-corrected chi connectivity index (χ3v) is 5.00. The summed E-state index contributed by atoms with van der Waals surface area (Å²) in [7, 11) is 3.09. The summed E-state index contributed by atoms with van der Waals surface area (Å²) < 4.78 is 10.7. The van der Waals surface area contributed by atoms with E-state index in [2.05, 4.69) is 30.6 Å². The highest BCUT2D eigenvalue weighted by Gasteiger charge is 2.29. The molecule has 1 fully saturated rings. The lowest BCUT2D eigenvalue weighted by Gasteiger charge is -2.43.